The fourth-order valence-corrected chi connectivity index (χ4v) is 13.2. The molecule has 0 saturated heterocycles. The van der Waals surface area contributed by atoms with Crippen molar-refractivity contribution < 1.29 is 48.3 Å². The summed E-state index contributed by atoms with van der Waals surface area (Å²) in [6.07, 6.45) is 9.75. The van der Waals surface area contributed by atoms with Crippen molar-refractivity contribution in [2.24, 2.45) is 17.8 Å². The molecule has 372 valence electrons. The molecule has 2 fully saturated rings. The Kier molecular flexibility index (Phi) is 14.5. The molecular formula is C60H66O11. The van der Waals surface area contributed by atoms with Crippen LogP contribution in [-0.4, -0.2) is 65.9 Å². The van der Waals surface area contributed by atoms with Gasteiger partial charge in [0.2, 0.25) is 0 Å². The number of aryl methyl sites for hydroxylation is 1. The number of fused-ring (bicyclic) bond motifs is 13. The predicted molar refractivity (Wildman–Crippen MR) is 269 cm³/mol. The molecule has 11 heteroatoms. The van der Waals surface area contributed by atoms with Gasteiger partial charge in [0.05, 0.1) is 25.4 Å². The Bertz CT molecular complexity index is 2860. The lowest BCUT2D eigenvalue weighted by Crippen LogP contribution is -2.62. The second kappa shape index (κ2) is 21.1. The largest absolute Gasteiger partial charge is 0.482 e. The zero-order valence-electron chi connectivity index (χ0n) is 40.9. The van der Waals surface area contributed by atoms with Crippen molar-refractivity contribution in [2.45, 2.75) is 126 Å². The van der Waals surface area contributed by atoms with Crippen LogP contribution in [-0.2, 0) is 43.2 Å². The number of rotatable bonds is 10. The standard InChI is InChI=1S/C60H66O11/c1-36(33-62)46-22-18-37-16-19-40(20-17-37)47-23-21-43(42-13-6-11-39(30-42)29-38-9-4-3-5-10-38)31-45(47)32-52(64)68-56-54-51(71-60(57(56)70-58(46)65)27-8-14-41-12-7-15-50(41)60)25-24-48-49(34-63)53(59(66)69-55(48)54)44(26-28-61)35-67-2/h3-6,9-11,13,16-17,19-21,23-25,30,41,43-45,47,50,56-57,61-63H,7-8,12,14-15,18,22,26-29,31-35H2,1-2H3/b46-36-/t41-,43-,44+,45-,47-,50+,56+,57-,60-/m0/s1. The molecule has 0 radical (unpaired) electrons. The minimum atomic E-state index is -1.28. The molecule has 2 saturated carbocycles. The average Bonchev–Trinajstić information content (AvgIpc) is 3.88. The number of allylic oxidation sites excluding steroid dienone is 2. The molecule has 3 aliphatic heterocycles. The number of methoxy groups -OCH3 is 1. The molecule has 1 spiro atoms. The molecule has 4 aromatic carbocycles. The third kappa shape index (κ3) is 9.54. The minimum absolute atomic E-state index is 0.0315. The Morgan fingerprint density at radius 1 is 0.831 bits per heavy atom. The summed E-state index contributed by atoms with van der Waals surface area (Å²) < 4.78 is 33.0. The van der Waals surface area contributed by atoms with Crippen LogP contribution in [0.4, 0.5) is 0 Å². The lowest BCUT2D eigenvalue weighted by atomic mass is 9.65. The maximum atomic E-state index is 15.3. The van der Waals surface area contributed by atoms with E-state index in [1.54, 1.807) is 19.1 Å². The summed E-state index contributed by atoms with van der Waals surface area (Å²) in [5.74, 6) is -1.33. The van der Waals surface area contributed by atoms with Crippen LogP contribution in [0, 0.1) is 17.8 Å². The van der Waals surface area contributed by atoms with E-state index in [2.05, 4.69) is 84.9 Å². The second-order valence-electron chi connectivity index (χ2n) is 20.7. The Morgan fingerprint density at radius 3 is 2.41 bits per heavy atom. The summed E-state index contributed by atoms with van der Waals surface area (Å²) in [6.45, 7) is 0.739. The number of aliphatic hydroxyl groups excluding tert-OH is 3. The number of hydrogen-bond donors (Lipinski definition) is 3. The number of carbonyl (C=O) groups excluding carboxylic acids is 2. The van der Waals surface area contributed by atoms with Gasteiger partial charge in [0.15, 0.2) is 17.8 Å². The number of carbonyl (C=O) groups is 2. The molecule has 11 nitrogen and oxygen atoms in total. The van der Waals surface area contributed by atoms with Gasteiger partial charge in [-0.2, -0.15) is 0 Å². The molecular weight excluding hydrogens is 897 g/mol. The molecule has 4 heterocycles. The molecule has 6 aliphatic rings. The topological polar surface area (TPSA) is 162 Å². The van der Waals surface area contributed by atoms with Crippen molar-refractivity contribution in [3.8, 4) is 5.75 Å². The Balaban J connectivity index is 1.12. The van der Waals surface area contributed by atoms with E-state index in [4.69, 9.17) is 23.4 Å². The van der Waals surface area contributed by atoms with Gasteiger partial charge < -0.3 is 38.7 Å². The third-order valence-electron chi connectivity index (χ3n) is 16.6. The van der Waals surface area contributed by atoms with Crippen molar-refractivity contribution in [2.75, 3.05) is 26.9 Å². The summed E-state index contributed by atoms with van der Waals surface area (Å²) in [5, 5.41) is 32.0. The van der Waals surface area contributed by atoms with E-state index in [9.17, 15) is 20.1 Å². The summed E-state index contributed by atoms with van der Waals surface area (Å²) in [5.41, 5.74) is 5.55. The first-order chi connectivity index (χ1) is 34.6. The normalized spacial score (nSPS) is 27.5. The quantitative estimate of drug-likeness (QED) is 0.0529. The number of aliphatic hydroxyl groups is 3. The van der Waals surface area contributed by atoms with Crippen molar-refractivity contribution in [1.29, 1.82) is 0 Å². The van der Waals surface area contributed by atoms with Gasteiger partial charge in [-0.1, -0.05) is 104 Å². The van der Waals surface area contributed by atoms with Gasteiger partial charge in [-0.3, -0.25) is 4.79 Å². The minimum Gasteiger partial charge on any atom is -0.482 e. The van der Waals surface area contributed by atoms with Crippen molar-refractivity contribution in [3.63, 3.8) is 0 Å². The number of ether oxygens (including phenoxy) is 4. The predicted octanol–water partition coefficient (Wildman–Crippen LogP) is 10.0. The molecule has 11 rings (SSSR count). The van der Waals surface area contributed by atoms with Crippen LogP contribution in [0.3, 0.4) is 0 Å². The summed E-state index contributed by atoms with van der Waals surface area (Å²) in [4.78, 5) is 44.7. The molecule has 1 aromatic heterocycles. The maximum absolute atomic E-state index is 15.3. The van der Waals surface area contributed by atoms with Gasteiger partial charge in [-0.15, -0.1) is 0 Å². The highest BCUT2D eigenvalue weighted by molar-refractivity contribution is 5.90. The second-order valence-corrected chi connectivity index (χ2v) is 20.7. The van der Waals surface area contributed by atoms with E-state index in [1.807, 2.05) is 6.07 Å². The molecule has 71 heavy (non-hydrogen) atoms. The fraction of sp³-hybridized carbons (Fsp3) is 0.450. The van der Waals surface area contributed by atoms with Crippen LogP contribution in [0.1, 0.15) is 139 Å². The highest BCUT2D eigenvalue weighted by Crippen LogP contribution is 2.58. The molecule has 9 atom stereocenters. The van der Waals surface area contributed by atoms with Gasteiger partial charge in [0.25, 0.3) is 0 Å². The van der Waals surface area contributed by atoms with E-state index >= 15 is 9.59 Å². The van der Waals surface area contributed by atoms with Crippen LogP contribution >= 0.6 is 0 Å². The zero-order chi connectivity index (χ0) is 49.2. The molecule has 3 aliphatic carbocycles. The lowest BCUT2D eigenvalue weighted by molar-refractivity contribution is -0.211. The van der Waals surface area contributed by atoms with Gasteiger partial charge >= 0.3 is 17.6 Å². The maximum Gasteiger partial charge on any atom is 0.340 e. The summed E-state index contributed by atoms with van der Waals surface area (Å²) in [7, 11) is 1.51. The highest BCUT2D eigenvalue weighted by atomic mass is 16.6. The van der Waals surface area contributed by atoms with Crippen LogP contribution < -0.4 is 10.4 Å². The summed E-state index contributed by atoms with van der Waals surface area (Å²) in [6, 6.07) is 31.1. The van der Waals surface area contributed by atoms with Gasteiger partial charge in [-0.25, -0.2) is 9.59 Å². The Morgan fingerprint density at radius 2 is 1.63 bits per heavy atom. The summed E-state index contributed by atoms with van der Waals surface area (Å²) >= 11 is 0. The van der Waals surface area contributed by atoms with Gasteiger partial charge in [0, 0.05) is 60.3 Å². The van der Waals surface area contributed by atoms with Gasteiger partial charge in [0.1, 0.15) is 11.3 Å². The number of benzene rings is 4. The lowest BCUT2D eigenvalue weighted by Gasteiger charge is -2.53. The molecule has 0 amide bonds. The first kappa shape index (κ1) is 48.8. The van der Waals surface area contributed by atoms with E-state index in [0.717, 1.165) is 49.7 Å². The third-order valence-corrected chi connectivity index (χ3v) is 16.6. The van der Waals surface area contributed by atoms with Gasteiger partial charge in [-0.05, 0) is 128 Å². The molecule has 3 N–H and O–H groups in total. The number of esters is 2. The fourth-order valence-electron chi connectivity index (χ4n) is 13.2. The van der Waals surface area contributed by atoms with E-state index in [1.165, 1.54) is 23.8 Å². The average molecular weight is 963 g/mol. The zero-order valence-corrected chi connectivity index (χ0v) is 40.9. The Hall–Kier alpha value is -5.85. The van der Waals surface area contributed by atoms with E-state index in [-0.39, 0.29) is 73.0 Å². The van der Waals surface area contributed by atoms with Crippen molar-refractivity contribution in [1.82, 2.24) is 0 Å². The smallest absolute Gasteiger partial charge is 0.340 e. The first-order valence-electron chi connectivity index (χ1n) is 25.7. The van der Waals surface area contributed by atoms with Crippen molar-refractivity contribution >= 4 is 22.9 Å². The molecule has 2 bridgehead atoms. The van der Waals surface area contributed by atoms with Crippen LogP contribution in [0.2, 0.25) is 0 Å². The van der Waals surface area contributed by atoms with Crippen molar-refractivity contribution in [3.05, 3.63) is 169 Å². The Labute approximate surface area is 415 Å². The van der Waals surface area contributed by atoms with Crippen LogP contribution in [0.15, 0.2) is 124 Å². The van der Waals surface area contributed by atoms with Crippen LogP contribution in [0.25, 0.3) is 11.0 Å². The SMILES string of the molecule is COC[C@@H](CCO)c1c(CO)c2ccc3c(c2oc1=O)[C@H]1OC(=O)C[C@@H]2C[C@@H](c4cccc(Cc5ccccc5)c4)C=C[C@H]2c2ccc(cc2)CC/C(=C(\C)CO)C(=O)O[C@@H]1[C@@]1(CCC[C@@H]2CCC[C@H]21)O3. The van der Waals surface area contributed by atoms with E-state index in [0.29, 0.717) is 59.4 Å². The van der Waals surface area contributed by atoms with Crippen LogP contribution in [0.5, 0.6) is 5.75 Å². The first-order valence-corrected chi connectivity index (χ1v) is 25.7. The molecule has 0 unspecified atom stereocenters. The number of hydrogen-bond acceptors (Lipinski definition) is 11. The highest BCUT2D eigenvalue weighted by Gasteiger charge is 2.62. The molecule has 5 aromatic rings. The monoisotopic (exact) mass is 962 g/mol. The van der Waals surface area contributed by atoms with E-state index < -0.39 is 47.9 Å².